The zero-order chi connectivity index (χ0) is 16.1. The lowest BCUT2D eigenvalue weighted by Gasteiger charge is -2.02. The number of hydrogen-bond donors (Lipinski definition) is 1. The van der Waals surface area contributed by atoms with E-state index in [1.807, 2.05) is 30.3 Å². The van der Waals surface area contributed by atoms with Crippen LogP contribution in [0.25, 0.3) is 10.9 Å². The quantitative estimate of drug-likeness (QED) is 0.693. The lowest BCUT2D eigenvalue weighted by Crippen LogP contribution is -2.13. The minimum atomic E-state index is -0.257. The van der Waals surface area contributed by atoms with Gasteiger partial charge in [-0.25, -0.2) is 4.98 Å². The Labute approximate surface area is 138 Å². The van der Waals surface area contributed by atoms with Crippen LogP contribution in [-0.2, 0) is 6.42 Å². The number of unbranched alkanes of at least 4 members (excludes halogenated alkanes) is 2. The number of anilines is 1. The van der Waals surface area contributed by atoms with Gasteiger partial charge in [0.15, 0.2) is 0 Å². The normalized spacial score (nSPS) is 10.8. The Morgan fingerprint density at radius 3 is 2.87 bits per heavy atom. The molecule has 1 amide bonds. The molecule has 23 heavy (non-hydrogen) atoms. The fourth-order valence-corrected chi connectivity index (χ4v) is 3.06. The molecule has 0 fully saturated rings. The smallest absolute Gasteiger partial charge is 0.276 e. The minimum Gasteiger partial charge on any atom is -0.295 e. The molecule has 0 spiro atoms. The van der Waals surface area contributed by atoms with E-state index in [2.05, 4.69) is 27.4 Å². The number of carbonyl (C=O) groups excluding carboxylic acids is 1. The van der Waals surface area contributed by atoms with Crippen LogP contribution >= 0.6 is 11.3 Å². The number of fused-ring (bicyclic) bond motifs is 1. The lowest BCUT2D eigenvalue weighted by atomic mass is 10.2. The van der Waals surface area contributed by atoms with Crippen molar-refractivity contribution in [3.05, 3.63) is 47.1 Å². The summed E-state index contributed by atoms with van der Waals surface area (Å²) in [5.41, 5.74) is 1.18. The number of nitrogens with one attached hydrogen (secondary N) is 1. The van der Waals surface area contributed by atoms with Gasteiger partial charge in [-0.15, -0.1) is 10.2 Å². The Morgan fingerprint density at radius 1 is 1.13 bits per heavy atom. The molecule has 0 unspecified atom stereocenters. The number of carbonyl (C=O) groups is 1. The number of hydrogen-bond acceptors (Lipinski definition) is 5. The van der Waals surface area contributed by atoms with Crippen LogP contribution in [0.4, 0.5) is 5.13 Å². The zero-order valence-corrected chi connectivity index (χ0v) is 13.8. The summed E-state index contributed by atoms with van der Waals surface area (Å²) in [5.74, 6) is -0.257. The number of aromatic nitrogens is 3. The number of benzene rings is 1. The summed E-state index contributed by atoms with van der Waals surface area (Å²) < 4.78 is 0. The molecule has 0 saturated heterocycles. The highest BCUT2D eigenvalue weighted by molar-refractivity contribution is 7.15. The van der Waals surface area contributed by atoms with E-state index < -0.39 is 0 Å². The van der Waals surface area contributed by atoms with E-state index in [0.717, 1.165) is 28.8 Å². The fourth-order valence-electron chi connectivity index (χ4n) is 2.29. The molecule has 1 N–H and O–H groups in total. The topological polar surface area (TPSA) is 67.8 Å². The molecular weight excluding hydrogens is 308 g/mol. The molecule has 5 nitrogen and oxygen atoms in total. The second-order valence-electron chi connectivity index (χ2n) is 5.30. The van der Waals surface area contributed by atoms with Gasteiger partial charge in [0.1, 0.15) is 10.7 Å². The molecule has 0 atom stereocenters. The lowest BCUT2D eigenvalue weighted by molar-refractivity contribution is 0.102. The van der Waals surface area contributed by atoms with Crippen molar-refractivity contribution >= 4 is 33.3 Å². The highest BCUT2D eigenvalue weighted by Gasteiger charge is 2.12. The summed E-state index contributed by atoms with van der Waals surface area (Å²) in [6.45, 7) is 2.17. The van der Waals surface area contributed by atoms with Crippen LogP contribution in [-0.4, -0.2) is 21.1 Å². The minimum absolute atomic E-state index is 0.257. The number of nitrogens with zero attached hydrogens (tertiary/aromatic N) is 3. The monoisotopic (exact) mass is 326 g/mol. The van der Waals surface area contributed by atoms with E-state index in [9.17, 15) is 4.79 Å². The van der Waals surface area contributed by atoms with E-state index in [-0.39, 0.29) is 5.91 Å². The maximum Gasteiger partial charge on any atom is 0.276 e. The van der Waals surface area contributed by atoms with Crippen molar-refractivity contribution in [1.29, 1.82) is 0 Å². The van der Waals surface area contributed by atoms with Crippen molar-refractivity contribution < 1.29 is 4.79 Å². The molecule has 1 aromatic carbocycles. The Balaban J connectivity index is 1.68. The molecule has 0 aliphatic heterocycles. The average molecular weight is 326 g/mol. The molecule has 2 heterocycles. The fraction of sp³-hybridized carbons (Fsp3) is 0.294. The number of aryl methyl sites for hydroxylation is 1. The SMILES string of the molecule is CCCCCc1nnc(NC(=O)c2ccc3ccccc3n2)s1. The molecule has 3 rings (SSSR count). The van der Waals surface area contributed by atoms with Crippen molar-refractivity contribution in [3.8, 4) is 0 Å². The van der Waals surface area contributed by atoms with Gasteiger partial charge in [0.05, 0.1) is 5.52 Å². The first-order valence-electron chi connectivity index (χ1n) is 7.76. The van der Waals surface area contributed by atoms with Crippen molar-refractivity contribution in [2.75, 3.05) is 5.32 Å². The number of rotatable bonds is 6. The van der Waals surface area contributed by atoms with E-state index in [1.54, 1.807) is 6.07 Å². The van der Waals surface area contributed by atoms with Crippen LogP contribution in [0.15, 0.2) is 36.4 Å². The molecule has 0 radical (unpaired) electrons. The van der Waals surface area contributed by atoms with Crippen LogP contribution in [0.5, 0.6) is 0 Å². The Morgan fingerprint density at radius 2 is 2.00 bits per heavy atom. The van der Waals surface area contributed by atoms with Crippen LogP contribution in [0.2, 0.25) is 0 Å². The highest BCUT2D eigenvalue weighted by atomic mass is 32.1. The number of para-hydroxylation sites is 1. The van der Waals surface area contributed by atoms with Gasteiger partial charge in [0.2, 0.25) is 5.13 Å². The van der Waals surface area contributed by atoms with E-state index in [4.69, 9.17) is 0 Å². The van der Waals surface area contributed by atoms with Gasteiger partial charge >= 0.3 is 0 Å². The predicted octanol–water partition coefficient (Wildman–Crippen LogP) is 4.07. The van der Waals surface area contributed by atoms with Gasteiger partial charge in [0, 0.05) is 11.8 Å². The van der Waals surface area contributed by atoms with Crippen LogP contribution in [0.3, 0.4) is 0 Å². The first-order chi connectivity index (χ1) is 11.3. The van der Waals surface area contributed by atoms with Crippen molar-refractivity contribution in [3.63, 3.8) is 0 Å². The third-order valence-electron chi connectivity index (χ3n) is 3.51. The van der Waals surface area contributed by atoms with Gasteiger partial charge in [0.25, 0.3) is 5.91 Å². The molecular formula is C17H18N4OS. The molecule has 118 valence electrons. The summed E-state index contributed by atoms with van der Waals surface area (Å²) in [6.07, 6.45) is 4.37. The average Bonchev–Trinajstić information content (AvgIpc) is 3.02. The number of pyridine rings is 1. The van der Waals surface area contributed by atoms with Gasteiger partial charge in [-0.1, -0.05) is 55.4 Å². The second-order valence-corrected chi connectivity index (χ2v) is 6.36. The zero-order valence-electron chi connectivity index (χ0n) is 13.0. The molecule has 0 saturated carbocycles. The molecule has 2 aromatic heterocycles. The first-order valence-corrected chi connectivity index (χ1v) is 8.57. The third kappa shape index (κ3) is 3.90. The molecule has 0 aliphatic rings. The van der Waals surface area contributed by atoms with Crippen molar-refractivity contribution in [1.82, 2.24) is 15.2 Å². The summed E-state index contributed by atoms with van der Waals surface area (Å²) in [6, 6.07) is 11.3. The predicted molar refractivity (Wildman–Crippen MR) is 92.8 cm³/mol. The summed E-state index contributed by atoms with van der Waals surface area (Å²) in [5, 5.41) is 13.4. The summed E-state index contributed by atoms with van der Waals surface area (Å²) in [4.78, 5) is 16.7. The molecule has 0 bridgehead atoms. The Kier molecular flexibility index (Phi) is 4.92. The van der Waals surface area contributed by atoms with Crippen LogP contribution < -0.4 is 5.32 Å². The maximum atomic E-state index is 12.3. The van der Waals surface area contributed by atoms with E-state index >= 15 is 0 Å². The van der Waals surface area contributed by atoms with Crippen LogP contribution in [0.1, 0.15) is 41.7 Å². The Bertz CT molecular complexity index is 815. The first kappa shape index (κ1) is 15.6. The maximum absolute atomic E-state index is 12.3. The summed E-state index contributed by atoms with van der Waals surface area (Å²) in [7, 11) is 0. The molecule has 3 aromatic rings. The van der Waals surface area contributed by atoms with Gasteiger partial charge in [-0.3, -0.25) is 10.1 Å². The van der Waals surface area contributed by atoms with Gasteiger partial charge in [-0.05, 0) is 18.6 Å². The van der Waals surface area contributed by atoms with Gasteiger partial charge in [-0.2, -0.15) is 0 Å². The van der Waals surface area contributed by atoms with E-state index in [1.165, 1.54) is 24.2 Å². The van der Waals surface area contributed by atoms with E-state index in [0.29, 0.717) is 10.8 Å². The summed E-state index contributed by atoms with van der Waals surface area (Å²) >= 11 is 1.43. The number of amides is 1. The largest absolute Gasteiger partial charge is 0.295 e. The third-order valence-corrected chi connectivity index (χ3v) is 4.41. The second kappa shape index (κ2) is 7.28. The Hall–Kier alpha value is -2.34. The van der Waals surface area contributed by atoms with Crippen molar-refractivity contribution in [2.24, 2.45) is 0 Å². The standard InChI is InChI=1S/C17H18N4OS/c1-2-3-4-9-15-20-21-17(23-15)19-16(22)14-11-10-12-7-5-6-8-13(12)18-14/h5-8,10-11H,2-4,9H2,1H3,(H,19,21,22). The van der Waals surface area contributed by atoms with Crippen LogP contribution in [0, 0.1) is 0 Å². The van der Waals surface area contributed by atoms with Crippen molar-refractivity contribution in [2.45, 2.75) is 32.6 Å². The van der Waals surface area contributed by atoms with Gasteiger partial charge < -0.3 is 0 Å². The highest BCUT2D eigenvalue weighted by Crippen LogP contribution is 2.19. The molecule has 6 heteroatoms. The molecule has 0 aliphatic carbocycles.